The Bertz CT molecular complexity index is 1440. The molecule has 1 saturated carbocycles. The van der Waals surface area contributed by atoms with Crippen LogP contribution >= 0.6 is 0 Å². The molecule has 2 aliphatic rings. The molecule has 1 aromatic heterocycles. The minimum absolute atomic E-state index is 0.0929. The van der Waals surface area contributed by atoms with Crippen LogP contribution < -0.4 is 20.3 Å². The van der Waals surface area contributed by atoms with E-state index in [9.17, 15) is 32.5 Å². The predicted octanol–water partition coefficient (Wildman–Crippen LogP) is 6.30. The van der Waals surface area contributed by atoms with Gasteiger partial charge in [0.2, 0.25) is 0 Å². The highest BCUT2D eigenvalue weighted by molar-refractivity contribution is 5.89. The standard InChI is InChI=1S/C29H30F4N6O4/c30-19-1-3-21(4-2-19)36-28(40)38-13-11-37(12-14-38)23-16-25(18-34-17-23)43-24-8-5-20(6-9-24)35-22-7-10-27(39(41)42)26(15-22)29(31,32)33/h1-4,7,10,15-18,20,24,35H,5-6,8-9,11-14H2,(H,36,40)/t20-,24-. The van der Waals surface area contributed by atoms with Crippen LogP contribution in [-0.4, -0.2) is 59.2 Å². The summed E-state index contributed by atoms with van der Waals surface area (Å²) < 4.78 is 59.3. The highest BCUT2D eigenvalue weighted by atomic mass is 19.4. The second-order valence-electron chi connectivity index (χ2n) is 10.5. The van der Waals surface area contributed by atoms with Crippen molar-refractivity contribution < 1.29 is 32.0 Å². The number of amides is 2. The van der Waals surface area contributed by atoms with Gasteiger partial charge in [-0.2, -0.15) is 13.2 Å². The number of hydrogen-bond donors (Lipinski definition) is 2. The number of benzene rings is 2. The number of alkyl halides is 3. The van der Waals surface area contributed by atoms with Gasteiger partial charge in [-0.05, 0) is 62.1 Å². The SMILES string of the molecule is O=C(Nc1ccc(F)cc1)N1CCN(c2cncc(O[C@H]3CC[C@H](Nc4ccc([N+](=O)[O-])c(C(F)(F)F)c4)CC3)c2)CC1. The quantitative estimate of drug-likeness (QED) is 0.185. The number of hydrogen-bond acceptors (Lipinski definition) is 7. The van der Waals surface area contributed by atoms with E-state index in [1.54, 1.807) is 17.3 Å². The van der Waals surface area contributed by atoms with E-state index in [1.165, 1.54) is 30.3 Å². The Hall–Kier alpha value is -4.62. The second-order valence-corrected chi connectivity index (χ2v) is 10.5. The van der Waals surface area contributed by atoms with Crippen molar-refractivity contribution in [3.05, 3.63) is 82.4 Å². The minimum atomic E-state index is -4.83. The number of halogens is 4. The summed E-state index contributed by atoms with van der Waals surface area (Å²) in [6.45, 7) is 2.18. The minimum Gasteiger partial charge on any atom is -0.489 e. The number of urea groups is 1. The molecular weight excluding hydrogens is 572 g/mol. The Morgan fingerprint density at radius 3 is 2.28 bits per heavy atom. The summed E-state index contributed by atoms with van der Waals surface area (Å²) in [5.74, 6) is 0.234. The maximum atomic E-state index is 13.3. The average molecular weight is 603 g/mol. The van der Waals surface area contributed by atoms with Gasteiger partial charge in [-0.3, -0.25) is 15.1 Å². The van der Waals surface area contributed by atoms with Gasteiger partial charge in [-0.15, -0.1) is 0 Å². The summed E-state index contributed by atoms with van der Waals surface area (Å²) >= 11 is 0. The van der Waals surface area contributed by atoms with Crippen molar-refractivity contribution in [1.29, 1.82) is 0 Å². The van der Waals surface area contributed by atoms with Crippen LogP contribution in [0.25, 0.3) is 0 Å². The van der Waals surface area contributed by atoms with Crippen molar-refractivity contribution in [1.82, 2.24) is 9.88 Å². The van der Waals surface area contributed by atoms with Crippen LogP contribution in [0.1, 0.15) is 31.2 Å². The van der Waals surface area contributed by atoms with Gasteiger partial charge in [-0.25, -0.2) is 9.18 Å². The molecule has 1 saturated heterocycles. The predicted molar refractivity (Wildman–Crippen MR) is 152 cm³/mol. The van der Waals surface area contributed by atoms with Crippen molar-refractivity contribution in [3.8, 4) is 5.75 Å². The molecule has 0 radical (unpaired) electrons. The molecule has 2 N–H and O–H groups in total. The summed E-state index contributed by atoms with van der Waals surface area (Å²) in [5, 5.41) is 16.9. The molecule has 1 aliphatic heterocycles. The van der Waals surface area contributed by atoms with Crippen molar-refractivity contribution in [2.24, 2.45) is 0 Å². The fraction of sp³-hybridized carbons (Fsp3) is 0.379. The molecule has 3 aromatic rings. The lowest BCUT2D eigenvalue weighted by molar-refractivity contribution is -0.388. The summed E-state index contributed by atoms with van der Waals surface area (Å²) in [6, 6.07) is 10.1. The fourth-order valence-corrected chi connectivity index (χ4v) is 5.31. The van der Waals surface area contributed by atoms with E-state index in [-0.39, 0.29) is 29.7 Å². The van der Waals surface area contributed by atoms with E-state index in [4.69, 9.17) is 4.74 Å². The Labute approximate surface area is 244 Å². The molecule has 2 heterocycles. The zero-order chi connectivity index (χ0) is 30.6. The molecule has 1 aliphatic carbocycles. The maximum Gasteiger partial charge on any atom is 0.423 e. The number of rotatable bonds is 7. The van der Waals surface area contributed by atoms with Crippen LogP contribution in [0, 0.1) is 15.9 Å². The van der Waals surface area contributed by atoms with Crippen LogP contribution in [0.5, 0.6) is 5.75 Å². The van der Waals surface area contributed by atoms with E-state index in [0.717, 1.165) is 17.8 Å². The Morgan fingerprint density at radius 1 is 0.953 bits per heavy atom. The molecule has 2 fully saturated rings. The van der Waals surface area contributed by atoms with E-state index in [1.807, 2.05) is 6.07 Å². The van der Waals surface area contributed by atoms with E-state index < -0.39 is 22.4 Å². The number of piperazine rings is 1. The van der Waals surface area contributed by atoms with Crippen LogP contribution in [-0.2, 0) is 6.18 Å². The lowest BCUT2D eigenvalue weighted by Crippen LogP contribution is -2.50. The summed E-state index contributed by atoms with van der Waals surface area (Å²) in [5.41, 5.74) is -0.672. The third-order valence-electron chi connectivity index (χ3n) is 7.57. The molecule has 2 aromatic carbocycles. The monoisotopic (exact) mass is 602 g/mol. The maximum absolute atomic E-state index is 13.3. The number of nitro benzene ring substituents is 1. The smallest absolute Gasteiger partial charge is 0.423 e. The molecular formula is C29H30F4N6O4. The van der Waals surface area contributed by atoms with Crippen molar-refractivity contribution in [2.45, 2.75) is 44.0 Å². The average Bonchev–Trinajstić information content (AvgIpc) is 2.99. The molecule has 0 spiro atoms. The van der Waals surface area contributed by atoms with Crippen LogP contribution in [0.4, 0.5) is 45.1 Å². The van der Waals surface area contributed by atoms with Crippen LogP contribution in [0.15, 0.2) is 60.9 Å². The van der Waals surface area contributed by atoms with Crippen molar-refractivity contribution >= 4 is 28.8 Å². The van der Waals surface area contributed by atoms with Crippen LogP contribution in [0.3, 0.4) is 0 Å². The van der Waals surface area contributed by atoms with E-state index in [0.29, 0.717) is 63.3 Å². The highest BCUT2D eigenvalue weighted by Crippen LogP contribution is 2.38. The number of ether oxygens (including phenoxy) is 1. The first kappa shape index (κ1) is 29.9. The lowest BCUT2D eigenvalue weighted by Gasteiger charge is -2.36. The molecule has 14 heteroatoms. The topological polar surface area (TPSA) is 113 Å². The van der Waals surface area contributed by atoms with Crippen molar-refractivity contribution in [3.63, 3.8) is 0 Å². The highest BCUT2D eigenvalue weighted by Gasteiger charge is 2.38. The molecule has 10 nitrogen and oxygen atoms in total. The van der Waals surface area contributed by atoms with Gasteiger partial charge in [0.1, 0.15) is 17.1 Å². The summed E-state index contributed by atoms with van der Waals surface area (Å²) in [6.07, 6.45) is 1.09. The van der Waals surface area contributed by atoms with Gasteiger partial charge < -0.3 is 25.2 Å². The number of nitro groups is 1. The molecule has 5 rings (SSSR count). The van der Waals surface area contributed by atoms with Crippen molar-refractivity contribution in [2.75, 3.05) is 41.7 Å². The largest absolute Gasteiger partial charge is 0.489 e. The van der Waals surface area contributed by atoms with E-state index >= 15 is 0 Å². The van der Waals surface area contributed by atoms with Gasteiger partial charge in [0, 0.05) is 55.7 Å². The first-order valence-electron chi connectivity index (χ1n) is 13.9. The Balaban J connectivity index is 1.10. The van der Waals surface area contributed by atoms with Gasteiger partial charge in [-0.1, -0.05) is 0 Å². The third kappa shape index (κ3) is 7.62. The Kier molecular flexibility index (Phi) is 8.83. The number of aromatic nitrogens is 1. The number of carbonyl (C=O) groups excluding carboxylic acids is 1. The van der Waals surface area contributed by atoms with Crippen LogP contribution in [0.2, 0.25) is 0 Å². The molecule has 0 unspecified atom stereocenters. The molecule has 2 amide bonds. The molecule has 43 heavy (non-hydrogen) atoms. The summed E-state index contributed by atoms with van der Waals surface area (Å²) in [4.78, 5) is 30.7. The van der Waals surface area contributed by atoms with Gasteiger partial charge in [0.05, 0.1) is 29.1 Å². The number of nitrogens with zero attached hydrogens (tertiary/aromatic N) is 4. The number of carbonyl (C=O) groups is 1. The van der Waals surface area contributed by atoms with Gasteiger partial charge >= 0.3 is 12.2 Å². The first-order chi connectivity index (χ1) is 20.5. The lowest BCUT2D eigenvalue weighted by atomic mass is 9.92. The number of anilines is 3. The Morgan fingerprint density at radius 2 is 1.63 bits per heavy atom. The normalized spacial score (nSPS) is 19.1. The summed E-state index contributed by atoms with van der Waals surface area (Å²) in [7, 11) is 0. The van der Waals surface area contributed by atoms with Gasteiger partial charge in [0.15, 0.2) is 0 Å². The second kappa shape index (κ2) is 12.7. The number of pyridine rings is 1. The molecule has 0 bridgehead atoms. The van der Waals surface area contributed by atoms with E-state index in [2.05, 4.69) is 20.5 Å². The number of nitrogens with one attached hydrogen (secondary N) is 2. The zero-order valence-corrected chi connectivity index (χ0v) is 23.0. The van der Waals surface area contributed by atoms with Gasteiger partial charge in [0.25, 0.3) is 5.69 Å². The zero-order valence-electron chi connectivity index (χ0n) is 23.0. The first-order valence-corrected chi connectivity index (χ1v) is 13.9. The molecule has 228 valence electrons. The molecule has 0 atom stereocenters. The fourth-order valence-electron chi connectivity index (χ4n) is 5.31. The third-order valence-corrected chi connectivity index (χ3v) is 7.57.